The Morgan fingerprint density at radius 3 is 2.60 bits per heavy atom. The molecular formula is C21H25N2O2+. The maximum atomic E-state index is 12.8. The Labute approximate surface area is 149 Å². The SMILES string of the molecule is Cc1ccccc1C[NH+]1CCN(C(=O)[C@H]2Cc3ccccc3O2)CC1. The summed E-state index contributed by atoms with van der Waals surface area (Å²) in [5.41, 5.74) is 3.90. The molecule has 1 fully saturated rings. The molecule has 1 N–H and O–H groups in total. The van der Waals surface area contributed by atoms with Crippen molar-refractivity contribution < 1.29 is 14.4 Å². The van der Waals surface area contributed by atoms with E-state index in [1.54, 1.807) is 4.90 Å². The fourth-order valence-corrected chi connectivity index (χ4v) is 3.82. The number of aryl methyl sites for hydroxylation is 1. The van der Waals surface area contributed by atoms with Gasteiger partial charge in [0.15, 0.2) is 6.10 Å². The van der Waals surface area contributed by atoms with Gasteiger partial charge in [0.2, 0.25) is 0 Å². The number of amides is 1. The zero-order valence-electron chi connectivity index (χ0n) is 14.7. The summed E-state index contributed by atoms with van der Waals surface area (Å²) in [5, 5.41) is 0. The molecule has 2 aliphatic heterocycles. The molecule has 2 aliphatic rings. The maximum absolute atomic E-state index is 12.8. The van der Waals surface area contributed by atoms with Crippen LogP contribution >= 0.6 is 0 Å². The standard InChI is InChI=1S/C21H24N2O2/c1-16-6-2-3-8-18(16)15-22-10-12-23(13-11-22)21(24)20-14-17-7-4-5-9-19(17)25-20/h2-9,20H,10-15H2,1H3/p+1/t20-/m1/s1. The van der Waals surface area contributed by atoms with Crippen molar-refractivity contribution in [2.45, 2.75) is 26.0 Å². The Morgan fingerprint density at radius 1 is 1.12 bits per heavy atom. The van der Waals surface area contributed by atoms with Crippen molar-refractivity contribution in [3.8, 4) is 5.75 Å². The number of carbonyl (C=O) groups is 1. The van der Waals surface area contributed by atoms with Crippen molar-refractivity contribution in [3.05, 3.63) is 65.2 Å². The van der Waals surface area contributed by atoms with Gasteiger partial charge in [-0.15, -0.1) is 0 Å². The van der Waals surface area contributed by atoms with E-state index in [0.29, 0.717) is 6.42 Å². The number of hydrogen-bond acceptors (Lipinski definition) is 2. The van der Waals surface area contributed by atoms with Gasteiger partial charge >= 0.3 is 0 Å². The van der Waals surface area contributed by atoms with Crippen LogP contribution in [0.3, 0.4) is 0 Å². The minimum absolute atomic E-state index is 0.145. The van der Waals surface area contributed by atoms with Gasteiger partial charge < -0.3 is 14.5 Å². The summed E-state index contributed by atoms with van der Waals surface area (Å²) in [6.07, 6.45) is 0.362. The quantitative estimate of drug-likeness (QED) is 0.914. The van der Waals surface area contributed by atoms with Crippen molar-refractivity contribution in [1.82, 2.24) is 4.90 Å². The number of piperazine rings is 1. The number of nitrogens with one attached hydrogen (secondary N) is 1. The molecule has 2 aromatic carbocycles. The van der Waals surface area contributed by atoms with Gasteiger partial charge in [0.05, 0.1) is 26.2 Å². The van der Waals surface area contributed by atoms with E-state index in [-0.39, 0.29) is 12.0 Å². The van der Waals surface area contributed by atoms with Crippen LogP contribution in [0.4, 0.5) is 0 Å². The van der Waals surface area contributed by atoms with E-state index in [0.717, 1.165) is 44.0 Å². The predicted octanol–water partition coefficient (Wildman–Crippen LogP) is 1.23. The van der Waals surface area contributed by atoms with E-state index in [1.165, 1.54) is 11.1 Å². The first-order valence-electron chi connectivity index (χ1n) is 9.12. The molecule has 0 radical (unpaired) electrons. The van der Waals surface area contributed by atoms with Gasteiger partial charge in [-0.2, -0.15) is 0 Å². The van der Waals surface area contributed by atoms with Crippen molar-refractivity contribution in [3.63, 3.8) is 0 Å². The number of hydrogen-bond donors (Lipinski definition) is 1. The van der Waals surface area contributed by atoms with Gasteiger partial charge in [-0.05, 0) is 24.1 Å². The highest BCUT2D eigenvalue weighted by atomic mass is 16.5. The van der Waals surface area contributed by atoms with Crippen molar-refractivity contribution >= 4 is 5.91 Å². The Bertz CT molecular complexity index is 741. The molecule has 4 heteroatoms. The summed E-state index contributed by atoms with van der Waals surface area (Å²) < 4.78 is 5.86. The normalized spacial score (nSPS) is 20.2. The first-order chi connectivity index (χ1) is 12.2. The number of fused-ring (bicyclic) bond motifs is 1. The molecule has 1 saturated heterocycles. The second kappa shape index (κ2) is 6.89. The fourth-order valence-electron chi connectivity index (χ4n) is 3.82. The molecule has 0 bridgehead atoms. The Kier molecular flexibility index (Phi) is 4.45. The minimum atomic E-state index is -0.338. The molecule has 0 aliphatic carbocycles. The summed E-state index contributed by atoms with van der Waals surface area (Å²) in [4.78, 5) is 16.3. The molecule has 130 valence electrons. The third-order valence-corrected chi connectivity index (χ3v) is 5.41. The lowest BCUT2D eigenvalue weighted by Gasteiger charge is -2.33. The highest BCUT2D eigenvalue weighted by molar-refractivity contribution is 5.82. The minimum Gasteiger partial charge on any atom is -0.480 e. The van der Waals surface area contributed by atoms with Crippen molar-refractivity contribution in [1.29, 1.82) is 0 Å². The van der Waals surface area contributed by atoms with Crippen LogP contribution in [-0.4, -0.2) is 43.1 Å². The number of ether oxygens (including phenoxy) is 1. The molecule has 0 saturated carbocycles. The van der Waals surface area contributed by atoms with Crippen LogP contribution in [-0.2, 0) is 17.8 Å². The molecule has 0 aromatic heterocycles. The van der Waals surface area contributed by atoms with Gasteiger partial charge in [0, 0.05) is 12.0 Å². The van der Waals surface area contributed by atoms with E-state index in [9.17, 15) is 4.79 Å². The molecule has 1 amide bonds. The molecule has 2 heterocycles. The molecule has 25 heavy (non-hydrogen) atoms. The largest absolute Gasteiger partial charge is 0.480 e. The number of rotatable bonds is 3. The molecule has 2 aromatic rings. The summed E-state index contributed by atoms with van der Waals surface area (Å²) in [7, 11) is 0. The average Bonchev–Trinajstić information content (AvgIpc) is 3.08. The maximum Gasteiger partial charge on any atom is 0.264 e. The molecular weight excluding hydrogens is 312 g/mol. The van der Waals surface area contributed by atoms with Gasteiger partial charge in [-0.3, -0.25) is 4.79 Å². The number of benzene rings is 2. The molecule has 0 spiro atoms. The molecule has 4 rings (SSSR count). The number of nitrogens with zero attached hydrogens (tertiary/aromatic N) is 1. The highest BCUT2D eigenvalue weighted by Gasteiger charge is 2.34. The van der Waals surface area contributed by atoms with E-state index in [4.69, 9.17) is 4.74 Å². The van der Waals surface area contributed by atoms with Gasteiger partial charge in [-0.25, -0.2) is 0 Å². The van der Waals surface area contributed by atoms with Crippen LogP contribution in [0.5, 0.6) is 5.75 Å². The van der Waals surface area contributed by atoms with Crippen LogP contribution < -0.4 is 9.64 Å². The van der Waals surface area contributed by atoms with Crippen LogP contribution in [0.1, 0.15) is 16.7 Å². The number of para-hydroxylation sites is 1. The second-order valence-corrected chi connectivity index (χ2v) is 7.10. The highest BCUT2D eigenvalue weighted by Crippen LogP contribution is 2.28. The van der Waals surface area contributed by atoms with E-state index < -0.39 is 0 Å². The third-order valence-electron chi connectivity index (χ3n) is 5.41. The fraction of sp³-hybridized carbons (Fsp3) is 0.381. The lowest BCUT2D eigenvalue weighted by Crippen LogP contribution is -3.13. The number of carbonyl (C=O) groups excluding carboxylic acids is 1. The average molecular weight is 337 g/mol. The first-order valence-corrected chi connectivity index (χ1v) is 9.12. The van der Waals surface area contributed by atoms with Crippen LogP contribution in [0.15, 0.2) is 48.5 Å². The number of quaternary nitrogens is 1. The van der Waals surface area contributed by atoms with E-state index in [2.05, 4.69) is 31.2 Å². The first kappa shape index (κ1) is 16.2. The molecule has 0 unspecified atom stereocenters. The third kappa shape index (κ3) is 3.40. The van der Waals surface area contributed by atoms with Crippen molar-refractivity contribution in [2.75, 3.05) is 26.2 Å². The Morgan fingerprint density at radius 2 is 1.84 bits per heavy atom. The summed E-state index contributed by atoms with van der Waals surface area (Å²) in [6.45, 7) is 6.84. The van der Waals surface area contributed by atoms with Gasteiger partial charge in [-0.1, -0.05) is 42.5 Å². The zero-order chi connectivity index (χ0) is 17.2. The van der Waals surface area contributed by atoms with E-state index >= 15 is 0 Å². The van der Waals surface area contributed by atoms with E-state index in [1.807, 2.05) is 29.2 Å². The monoisotopic (exact) mass is 337 g/mol. The summed E-state index contributed by atoms with van der Waals surface area (Å²) in [5.74, 6) is 1.01. The Balaban J connectivity index is 1.32. The summed E-state index contributed by atoms with van der Waals surface area (Å²) in [6, 6.07) is 16.5. The van der Waals surface area contributed by atoms with Crippen molar-refractivity contribution in [2.24, 2.45) is 0 Å². The van der Waals surface area contributed by atoms with Gasteiger partial charge in [0.1, 0.15) is 12.3 Å². The van der Waals surface area contributed by atoms with Crippen LogP contribution in [0.25, 0.3) is 0 Å². The molecule has 1 atom stereocenters. The lowest BCUT2D eigenvalue weighted by atomic mass is 10.1. The smallest absolute Gasteiger partial charge is 0.264 e. The predicted molar refractivity (Wildman–Crippen MR) is 96.7 cm³/mol. The summed E-state index contributed by atoms with van der Waals surface area (Å²) >= 11 is 0. The van der Waals surface area contributed by atoms with Gasteiger partial charge in [0.25, 0.3) is 5.91 Å². The van der Waals surface area contributed by atoms with Crippen LogP contribution in [0, 0.1) is 6.92 Å². The Hall–Kier alpha value is -2.33. The zero-order valence-corrected chi connectivity index (χ0v) is 14.7. The molecule has 4 nitrogen and oxygen atoms in total. The second-order valence-electron chi connectivity index (χ2n) is 7.10. The van der Waals surface area contributed by atoms with Crippen LogP contribution in [0.2, 0.25) is 0 Å². The lowest BCUT2D eigenvalue weighted by molar-refractivity contribution is -0.917. The topological polar surface area (TPSA) is 34.0 Å².